The highest BCUT2D eigenvalue weighted by atomic mass is 15.1. The third-order valence-electron chi connectivity index (χ3n) is 7.05. The Morgan fingerprint density at radius 2 is 1.18 bits per heavy atom. The van der Waals surface area contributed by atoms with Gasteiger partial charge in [0.1, 0.15) is 12.4 Å². The Bertz CT molecular complexity index is 688. The average Bonchev–Trinajstić information content (AvgIpc) is 3.22. The highest BCUT2D eigenvalue weighted by molar-refractivity contribution is 5.14. The summed E-state index contributed by atoms with van der Waals surface area (Å²) in [4.78, 5) is 0. The van der Waals surface area contributed by atoms with Gasteiger partial charge in [-0.05, 0) is 37.7 Å². The highest BCUT2D eigenvalue weighted by Gasteiger charge is 2.16. The predicted octanol–water partition coefficient (Wildman–Crippen LogP) is 8.84. The molecule has 0 saturated heterocycles. The van der Waals surface area contributed by atoms with Crippen LogP contribution < -0.4 is 4.57 Å². The van der Waals surface area contributed by atoms with Crippen LogP contribution in [0, 0.1) is 0 Å². The number of benzene rings is 1. The minimum Gasteiger partial charge on any atom is -0.234 e. The molecule has 1 aromatic carbocycles. The second-order valence-electron chi connectivity index (χ2n) is 10.0. The van der Waals surface area contributed by atoms with Crippen LogP contribution in [-0.2, 0) is 25.9 Å². The van der Waals surface area contributed by atoms with Crippen molar-refractivity contribution in [2.45, 2.75) is 143 Å². The van der Waals surface area contributed by atoms with E-state index in [4.69, 9.17) is 0 Å². The topological polar surface area (TPSA) is 8.81 Å². The molecule has 1 heterocycles. The van der Waals surface area contributed by atoms with E-state index >= 15 is 0 Å². The quantitative estimate of drug-likeness (QED) is 0.132. The zero-order valence-electron chi connectivity index (χ0n) is 22.1. The molecular formula is C31H53N2+. The summed E-state index contributed by atoms with van der Waals surface area (Å²) < 4.78 is 5.13. The molecule has 0 saturated carbocycles. The van der Waals surface area contributed by atoms with Crippen LogP contribution in [-0.4, -0.2) is 4.57 Å². The summed E-state index contributed by atoms with van der Waals surface area (Å²) in [6.07, 6.45) is 29.3. The lowest BCUT2D eigenvalue weighted by Crippen LogP contribution is -2.37. The molecule has 2 aromatic rings. The summed E-state index contributed by atoms with van der Waals surface area (Å²) in [7, 11) is 0. The summed E-state index contributed by atoms with van der Waals surface area (Å²) >= 11 is 0. The molecular weight excluding hydrogens is 400 g/mol. The lowest BCUT2D eigenvalue weighted by atomic mass is 10.1. The van der Waals surface area contributed by atoms with Gasteiger partial charge in [-0.1, -0.05) is 121 Å². The first kappa shape index (κ1) is 27.7. The number of rotatable bonds is 21. The normalized spacial score (nSPS) is 11.3. The Morgan fingerprint density at radius 1 is 0.606 bits per heavy atom. The van der Waals surface area contributed by atoms with Crippen LogP contribution in [0.25, 0.3) is 0 Å². The number of aromatic nitrogens is 2. The zero-order chi connectivity index (χ0) is 23.4. The predicted molar refractivity (Wildman–Crippen MR) is 144 cm³/mol. The molecule has 0 spiro atoms. The first-order chi connectivity index (χ1) is 16.3. The Balaban J connectivity index is 1.73. The van der Waals surface area contributed by atoms with Crippen LogP contribution in [0.3, 0.4) is 0 Å². The van der Waals surface area contributed by atoms with Crippen molar-refractivity contribution in [2.24, 2.45) is 0 Å². The van der Waals surface area contributed by atoms with Crippen LogP contribution >= 0.6 is 0 Å². The van der Waals surface area contributed by atoms with Gasteiger partial charge in [0, 0.05) is 6.42 Å². The monoisotopic (exact) mass is 453 g/mol. The van der Waals surface area contributed by atoms with Gasteiger partial charge in [0.15, 0.2) is 0 Å². The van der Waals surface area contributed by atoms with Crippen LogP contribution in [0.2, 0.25) is 0 Å². The van der Waals surface area contributed by atoms with Gasteiger partial charge < -0.3 is 0 Å². The van der Waals surface area contributed by atoms with E-state index in [1.807, 2.05) is 0 Å². The molecule has 33 heavy (non-hydrogen) atoms. The molecule has 0 fully saturated rings. The standard InChI is InChI=1S/C31H53N2/c1-3-5-7-9-10-11-12-13-15-20-26-32-28-29-33(31(32)25-19-14-8-6-4-2)27-21-24-30-22-17-16-18-23-30/h16-18,22-23,28-29H,3-15,19-21,24-27H2,1-2H3/q+1. The summed E-state index contributed by atoms with van der Waals surface area (Å²) in [6, 6.07) is 11.0. The molecule has 0 unspecified atom stereocenters. The molecule has 186 valence electrons. The van der Waals surface area contributed by atoms with Crippen LogP contribution in [0.15, 0.2) is 42.7 Å². The average molecular weight is 454 g/mol. The number of aryl methyl sites for hydroxylation is 3. The third kappa shape index (κ3) is 12.5. The molecule has 0 N–H and O–H groups in total. The lowest BCUT2D eigenvalue weighted by molar-refractivity contribution is -0.704. The van der Waals surface area contributed by atoms with Crippen molar-refractivity contribution >= 4 is 0 Å². The smallest absolute Gasteiger partial charge is 0.234 e. The Hall–Kier alpha value is -1.57. The molecule has 0 bridgehead atoms. The largest absolute Gasteiger partial charge is 0.256 e. The molecule has 1 aromatic heterocycles. The van der Waals surface area contributed by atoms with E-state index in [9.17, 15) is 0 Å². The van der Waals surface area contributed by atoms with Crippen molar-refractivity contribution in [1.82, 2.24) is 4.57 Å². The SMILES string of the molecule is CCCCCCCCCCCCn1cc[n+](CCCc2ccccc2)c1CCCCCCC. The first-order valence-electron chi connectivity index (χ1n) is 14.5. The summed E-state index contributed by atoms with van der Waals surface area (Å²) in [6.45, 7) is 6.95. The Labute approximate surface area is 205 Å². The second kappa shape index (κ2) is 18.8. The number of nitrogens with zero attached hydrogens (tertiary/aromatic N) is 2. The van der Waals surface area contributed by atoms with Crippen molar-refractivity contribution in [1.29, 1.82) is 0 Å². The molecule has 2 nitrogen and oxygen atoms in total. The number of unbranched alkanes of at least 4 members (excludes halogenated alkanes) is 13. The molecule has 0 aliphatic rings. The van der Waals surface area contributed by atoms with Gasteiger partial charge in [0.25, 0.3) is 5.82 Å². The van der Waals surface area contributed by atoms with Gasteiger partial charge in [0.05, 0.1) is 13.1 Å². The van der Waals surface area contributed by atoms with Gasteiger partial charge in [-0.2, -0.15) is 0 Å². The van der Waals surface area contributed by atoms with E-state index < -0.39 is 0 Å². The first-order valence-corrected chi connectivity index (χ1v) is 14.5. The van der Waals surface area contributed by atoms with E-state index in [0.29, 0.717) is 0 Å². The van der Waals surface area contributed by atoms with Gasteiger partial charge >= 0.3 is 0 Å². The maximum atomic E-state index is 2.58. The fourth-order valence-corrected chi connectivity index (χ4v) is 4.95. The van der Waals surface area contributed by atoms with E-state index in [1.54, 1.807) is 5.82 Å². The number of hydrogen-bond donors (Lipinski definition) is 0. The minimum absolute atomic E-state index is 1.14. The van der Waals surface area contributed by atoms with E-state index in [2.05, 4.69) is 65.7 Å². The summed E-state index contributed by atoms with van der Waals surface area (Å²) in [5, 5.41) is 0. The Kier molecular flexibility index (Phi) is 15.8. The summed E-state index contributed by atoms with van der Waals surface area (Å²) in [5.41, 5.74) is 1.46. The molecule has 0 amide bonds. The van der Waals surface area contributed by atoms with E-state index in [1.165, 1.54) is 128 Å². The van der Waals surface area contributed by atoms with Crippen LogP contribution in [0.5, 0.6) is 0 Å². The van der Waals surface area contributed by atoms with Crippen LogP contribution in [0.4, 0.5) is 0 Å². The summed E-state index contributed by atoms with van der Waals surface area (Å²) in [5.74, 6) is 1.57. The molecule has 0 aliphatic heterocycles. The molecule has 0 radical (unpaired) electrons. The van der Waals surface area contributed by atoms with Crippen molar-refractivity contribution in [3.63, 3.8) is 0 Å². The van der Waals surface area contributed by atoms with E-state index in [-0.39, 0.29) is 0 Å². The Morgan fingerprint density at radius 3 is 1.82 bits per heavy atom. The second-order valence-corrected chi connectivity index (χ2v) is 10.0. The maximum absolute atomic E-state index is 2.58. The molecule has 0 aliphatic carbocycles. The van der Waals surface area contributed by atoms with Crippen molar-refractivity contribution in [3.8, 4) is 0 Å². The molecule has 2 rings (SSSR count). The van der Waals surface area contributed by atoms with Crippen molar-refractivity contribution in [3.05, 3.63) is 54.1 Å². The van der Waals surface area contributed by atoms with Crippen molar-refractivity contribution in [2.75, 3.05) is 0 Å². The zero-order valence-corrected chi connectivity index (χ0v) is 22.1. The fourth-order valence-electron chi connectivity index (χ4n) is 4.95. The third-order valence-corrected chi connectivity index (χ3v) is 7.05. The van der Waals surface area contributed by atoms with Gasteiger partial charge in [0.2, 0.25) is 0 Å². The molecule has 2 heteroatoms. The lowest BCUT2D eigenvalue weighted by Gasteiger charge is -2.07. The maximum Gasteiger partial charge on any atom is 0.256 e. The number of hydrogen-bond acceptors (Lipinski definition) is 0. The molecule has 0 atom stereocenters. The van der Waals surface area contributed by atoms with Gasteiger partial charge in [-0.25, -0.2) is 9.13 Å². The van der Waals surface area contributed by atoms with Gasteiger partial charge in [-0.15, -0.1) is 0 Å². The van der Waals surface area contributed by atoms with Crippen LogP contribution in [0.1, 0.15) is 128 Å². The van der Waals surface area contributed by atoms with E-state index in [0.717, 1.165) is 6.54 Å². The number of imidazole rings is 1. The van der Waals surface area contributed by atoms with Gasteiger partial charge in [-0.3, -0.25) is 0 Å². The minimum atomic E-state index is 1.14. The van der Waals surface area contributed by atoms with Crippen molar-refractivity contribution < 1.29 is 4.57 Å². The highest BCUT2D eigenvalue weighted by Crippen LogP contribution is 2.13. The fraction of sp³-hybridized carbons (Fsp3) is 0.710.